The highest BCUT2D eigenvalue weighted by atomic mass is 32.2. The molecule has 6 nitrogen and oxygen atoms in total. The van der Waals surface area contributed by atoms with Gasteiger partial charge in [0.1, 0.15) is 12.1 Å². The molecule has 0 amide bonds. The van der Waals surface area contributed by atoms with E-state index >= 15 is 0 Å². The van der Waals surface area contributed by atoms with Crippen LogP contribution in [-0.4, -0.2) is 38.4 Å². The lowest BCUT2D eigenvalue weighted by atomic mass is 10.0. The number of rotatable bonds is 5. The quantitative estimate of drug-likeness (QED) is 0.739. The zero-order valence-corrected chi connectivity index (χ0v) is 11.6. The van der Waals surface area contributed by atoms with Gasteiger partial charge in [0.15, 0.2) is 9.84 Å². The highest BCUT2D eigenvalue weighted by Gasteiger charge is 2.25. The van der Waals surface area contributed by atoms with E-state index < -0.39 is 28.0 Å². The molecule has 0 radical (unpaired) electrons. The molecule has 0 saturated heterocycles. The summed E-state index contributed by atoms with van der Waals surface area (Å²) in [6.45, 7) is 1.81. The first-order valence-corrected chi connectivity index (χ1v) is 7.56. The van der Waals surface area contributed by atoms with Gasteiger partial charge in [-0.2, -0.15) is 0 Å². The topological polar surface area (TPSA) is 107 Å². The number of benzene rings is 1. The highest BCUT2D eigenvalue weighted by Crippen LogP contribution is 2.19. The van der Waals surface area contributed by atoms with Crippen molar-refractivity contribution in [2.75, 3.05) is 12.9 Å². The number of hydrogen-bond donors (Lipinski definition) is 2. The standard InChI is InChI=1S/C12H17NO5S/c1-3-18-12(15)10(13)11(14)8-4-6-9(7-5-8)19(2,16)17/h4-7,10-11,14H,3,13H2,1-2H3/t10-,11?/m0/s1. The van der Waals surface area contributed by atoms with E-state index in [1.165, 1.54) is 24.3 Å². The van der Waals surface area contributed by atoms with Crippen LogP contribution >= 0.6 is 0 Å². The molecule has 0 aliphatic rings. The van der Waals surface area contributed by atoms with Crippen molar-refractivity contribution in [1.29, 1.82) is 0 Å². The number of ether oxygens (including phenoxy) is 1. The molecular weight excluding hydrogens is 270 g/mol. The van der Waals surface area contributed by atoms with Crippen molar-refractivity contribution in [3.63, 3.8) is 0 Å². The van der Waals surface area contributed by atoms with Gasteiger partial charge in [0.2, 0.25) is 0 Å². The predicted molar refractivity (Wildman–Crippen MR) is 69.1 cm³/mol. The lowest BCUT2D eigenvalue weighted by Crippen LogP contribution is -2.38. The predicted octanol–water partition coefficient (Wildman–Crippen LogP) is 0.0139. The van der Waals surface area contributed by atoms with Gasteiger partial charge in [-0.25, -0.2) is 8.42 Å². The van der Waals surface area contributed by atoms with E-state index in [1.54, 1.807) is 6.92 Å². The fraction of sp³-hybridized carbons (Fsp3) is 0.417. The molecule has 0 spiro atoms. The summed E-state index contributed by atoms with van der Waals surface area (Å²) in [5.74, 6) is -0.706. The van der Waals surface area contributed by atoms with Crippen LogP contribution in [0.1, 0.15) is 18.6 Å². The maximum Gasteiger partial charge on any atom is 0.325 e. The third-order valence-corrected chi connectivity index (χ3v) is 3.68. The third-order valence-electron chi connectivity index (χ3n) is 2.55. The van der Waals surface area contributed by atoms with Gasteiger partial charge < -0.3 is 15.6 Å². The van der Waals surface area contributed by atoms with E-state index in [0.29, 0.717) is 5.56 Å². The molecule has 1 aromatic carbocycles. The zero-order chi connectivity index (χ0) is 14.6. The van der Waals surface area contributed by atoms with Crippen LogP contribution in [0.4, 0.5) is 0 Å². The first kappa shape index (κ1) is 15.6. The Balaban J connectivity index is 2.89. The third kappa shape index (κ3) is 4.02. The smallest absolute Gasteiger partial charge is 0.325 e. The van der Waals surface area contributed by atoms with Gasteiger partial charge in [0, 0.05) is 6.26 Å². The number of aliphatic hydroxyl groups excluding tert-OH is 1. The van der Waals surface area contributed by atoms with Crippen LogP contribution in [0.2, 0.25) is 0 Å². The van der Waals surface area contributed by atoms with Crippen LogP contribution in [0.25, 0.3) is 0 Å². The van der Waals surface area contributed by atoms with Crippen molar-refractivity contribution in [1.82, 2.24) is 0 Å². The Morgan fingerprint density at radius 1 is 1.37 bits per heavy atom. The van der Waals surface area contributed by atoms with Gasteiger partial charge >= 0.3 is 5.97 Å². The van der Waals surface area contributed by atoms with Crippen molar-refractivity contribution >= 4 is 15.8 Å². The SMILES string of the molecule is CCOC(=O)[C@@H](N)C(O)c1ccc(S(C)(=O)=O)cc1. The van der Waals surface area contributed by atoms with E-state index in [2.05, 4.69) is 0 Å². The molecule has 1 rings (SSSR count). The minimum Gasteiger partial charge on any atom is -0.465 e. The Bertz CT molecular complexity index is 538. The molecule has 0 aliphatic heterocycles. The van der Waals surface area contributed by atoms with Gasteiger partial charge in [0.05, 0.1) is 11.5 Å². The first-order chi connectivity index (χ1) is 8.77. The second-order valence-electron chi connectivity index (χ2n) is 4.06. The van der Waals surface area contributed by atoms with Gasteiger partial charge in [-0.15, -0.1) is 0 Å². The molecular formula is C12H17NO5S. The lowest BCUT2D eigenvalue weighted by molar-refractivity contribution is -0.147. The molecule has 0 fully saturated rings. The summed E-state index contributed by atoms with van der Waals surface area (Å²) in [4.78, 5) is 11.5. The first-order valence-electron chi connectivity index (χ1n) is 5.67. The van der Waals surface area contributed by atoms with E-state index in [0.717, 1.165) is 6.26 Å². The summed E-state index contributed by atoms with van der Waals surface area (Å²) in [6, 6.07) is 4.33. The molecule has 19 heavy (non-hydrogen) atoms. The number of nitrogens with two attached hydrogens (primary N) is 1. The molecule has 0 aromatic heterocycles. The van der Waals surface area contributed by atoms with E-state index in [4.69, 9.17) is 10.5 Å². The summed E-state index contributed by atoms with van der Waals surface area (Å²) >= 11 is 0. The summed E-state index contributed by atoms with van der Waals surface area (Å²) in [7, 11) is -3.29. The second kappa shape index (κ2) is 6.14. The summed E-state index contributed by atoms with van der Waals surface area (Å²) < 4.78 is 27.3. The molecule has 1 aromatic rings. The van der Waals surface area contributed by atoms with Gasteiger partial charge in [0.25, 0.3) is 0 Å². The van der Waals surface area contributed by atoms with Crippen LogP contribution in [-0.2, 0) is 19.4 Å². The number of esters is 1. The molecule has 7 heteroatoms. The number of sulfone groups is 1. The molecule has 0 aliphatic carbocycles. The van der Waals surface area contributed by atoms with Crippen molar-refractivity contribution in [3.8, 4) is 0 Å². The van der Waals surface area contributed by atoms with E-state index in [1.807, 2.05) is 0 Å². The molecule has 2 atom stereocenters. The second-order valence-corrected chi connectivity index (χ2v) is 6.08. The number of carbonyl (C=O) groups is 1. The van der Waals surface area contributed by atoms with E-state index in [-0.39, 0.29) is 11.5 Å². The monoisotopic (exact) mass is 287 g/mol. The minimum absolute atomic E-state index is 0.133. The minimum atomic E-state index is -3.29. The molecule has 1 unspecified atom stereocenters. The largest absolute Gasteiger partial charge is 0.465 e. The van der Waals surface area contributed by atoms with Crippen LogP contribution in [0.15, 0.2) is 29.2 Å². The van der Waals surface area contributed by atoms with Gasteiger partial charge in [-0.3, -0.25) is 4.79 Å². The Labute approximate surface area is 112 Å². The van der Waals surface area contributed by atoms with Crippen LogP contribution in [0, 0.1) is 0 Å². The van der Waals surface area contributed by atoms with Crippen LogP contribution in [0.5, 0.6) is 0 Å². The Hall–Kier alpha value is -1.44. The van der Waals surface area contributed by atoms with Gasteiger partial charge in [-0.1, -0.05) is 12.1 Å². The summed E-state index contributed by atoms with van der Waals surface area (Å²) in [5, 5.41) is 9.90. The summed E-state index contributed by atoms with van der Waals surface area (Å²) in [6.07, 6.45) is -0.157. The Kier molecular flexibility index (Phi) is 5.04. The molecule has 106 valence electrons. The lowest BCUT2D eigenvalue weighted by Gasteiger charge is -2.17. The average Bonchev–Trinajstić information content (AvgIpc) is 2.36. The Morgan fingerprint density at radius 2 is 1.89 bits per heavy atom. The van der Waals surface area contributed by atoms with Crippen LogP contribution < -0.4 is 5.73 Å². The van der Waals surface area contributed by atoms with Crippen molar-refractivity contribution in [2.45, 2.75) is 24.0 Å². The van der Waals surface area contributed by atoms with Crippen LogP contribution in [0.3, 0.4) is 0 Å². The number of hydrogen-bond acceptors (Lipinski definition) is 6. The maximum atomic E-state index is 11.4. The fourth-order valence-corrected chi connectivity index (χ4v) is 2.12. The number of carbonyl (C=O) groups excluding carboxylic acids is 1. The average molecular weight is 287 g/mol. The Morgan fingerprint density at radius 3 is 2.32 bits per heavy atom. The van der Waals surface area contributed by atoms with Crippen molar-refractivity contribution in [3.05, 3.63) is 29.8 Å². The normalized spacial score (nSPS) is 14.7. The van der Waals surface area contributed by atoms with E-state index in [9.17, 15) is 18.3 Å². The fourth-order valence-electron chi connectivity index (χ4n) is 1.49. The number of aliphatic hydroxyl groups is 1. The zero-order valence-electron chi connectivity index (χ0n) is 10.7. The highest BCUT2D eigenvalue weighted by molar-refractivity contribution is 7.90. The van der Waals surface area contributed by atoms with Gasteiger partial charge in [-0.05, 0) is 24.6 Å². The molecule has 3 N–H and O–H groups in total. The summed E-state index contributed by atoms with van der Waals surface area (Å²) in [5.41, 5.74) is 5.91. The maximum absolute atomic E-state index is 11.4. The molecule has 0 saturated carbocycles. The van der Waals surface area contributed by atoms with Crippen molar-refractivity contribution < 1.29 is 23.1 Å². The molecule has 0 heterocycles. The van der Waals surface area contributed by atoms with Crippen molar-refractivity contribution in [2.24, 2.45) is 5.73 Å². The molecule has 0 bridgehead atoms.